The van der Waals surface area contributed by atoms with Gasteiger partial charge in [-0.15, -0.1) is 0 Å². The van der Waals surface area contributed by atoms with Crippen molar-refractivity contribution >= 4 is 28.5 Å². The van der Waals surface area contributed by atoms with Crippen LogP contribution in [0.1, 0.15) is 13.3 Å². The van der Waals surface area contributed by atoms with E-state index in [0.717, 1.165) is 13.1 Å². The Morgan fingerprint density at radius 1 is 1.78 bits per heavy atom. The Hall–Kier alpha value is 0.200. The summed E-state index contributed by atoms with van der Waals surface area (Å²) in [4.78, 5) is 12.6. The molecule has 0 radical (unpaired) electrons. The number of carbonyl (C=O) groups excluding carboxylic acids is 1. The standard InChI is InChI=1S/C6H10INO/c1-5(9)8-3-2-6(7)4-8/h6H,2-4H2,1H3/t6-/m1/s1. The summed E-state index contributed by atoms with van der Waals surface area (Å²) in [6.45, 7) is 3.55. The average molecular weight is 239 g/mol. The second-order valence-corrected chi connectivity index (χ2v) is 4.11. The van der Waals surface area contributed by atoms with Crippen molar-refractivity contribution in [3.05, 3.63) is 0 Å². The minimum Gasteiger partial charge on any atom is -0.342 e. The quantitative estimate of drug-likeness (QED) is 0.457. The molecule has 0 aliphatic carbocycles. The molecule has 52 valence electrons. The number of likely N-dealkylation sites (tertiary alicyclic amines) is 1. The second-order valence-electron chi connectivity index (χ2n) is 2.35. The van der Waals surface area contributed by atoms with Crippen LogP contribution in [0.15, 0.2) is 0 Å². The van der Waals surface area contributed by atoms with E-state index in [1.807, 2.05) is 4.90 Å². The Balaban J connectivity index is 2.39. The van der Waals surface area contributed by atoms with Gasteiger partial charge in [-0.2, -0.15) is 0 Å². The fourth-order valence-corrected chi connectivity index (χ4v) is 1.76. The summed E-state index contributed by atoms with van der Waals surface area (Å²) in [6.07, 6.45) is 1.17. The van der Waals surface area contributed by atoms with Crippen LogP contribution < -0.4 is 0 Å². The molecule has 0 N–H and O–H groups in total. The molecule has 0 aromatic heterocycles. The maximum atomic E-state index is 10.7. The van der Waals surface area contributed by atoms with Crippen molar-refractivity contribution in [1.82, 2.24) is 4.90 Å². The van der Waals surface area contributed by atoms with Gasteiger partial charge >= 0.3 is 0 Å². The molecule has 0 aromatic rings. The van der Waals surface area contributed by atoms with Crippen molar-refractivity contribution < 1.29 is 4.79 Å². The largest absolute Gasteiger partial charge is 0.342 e. The van der Waals surface area contributed by atoms with Crippen molar-refractivity contribution in [1.29, 1.82) is 0 Å². The first-order valence-corrected chi connectivity index (χ1v) is 4.34. The number of nitrogens with zero attached hydrogens (tertiary/aromatic N) is 1. The molecule has 0 bridgehead atoms. The van der Waals surface area contributed by atoms with Gasteiger partial charge in [0.1, 0.15) is 0 Å². The molecule has 0 unspecified atom stereocenters. The molecular formula is C6H10INO. The Morgan fingerprint density at radius 2 is 2.44 bits per heavy atom. The number of rotatable bonds is 0. The van der Waals surface area contributed by atoms with Gasteiger partial charge in [-0.3, -0.25) is 4.79 Å². The summed E-state index contributed by atoms with van der Waals surface area (Å²) in [5.74, 6) is 0.217. The second kappa shape index (κ2) is 2.86. The van der Waals surface area contributed by atoms with Crippen LogP contribution in [-0.2, 0) is 4.79 Å². The van der Waals surface area contributed by atoms with Gasteiger partial charge < -0.3 is 4.90 Å². The lowest BCUT2D eigenvalue weighted by Gasteiger charge is -2.10. The van der Waals surface area contributed by atoms with Crippen molar-refractivity contribution in [2.75, 3.05) is 13.1 Å². The predicted molar refractivity (Wildman–Crippen MR) is 44.7 cm³/mol. The summed E-state index contributed by atoms with van der Waals surface area (Å²) in [6, 6.07) is 0. The molecule has 1 amide bonds. The van der Waals surface area contributed by atoms with E-state index in [4.69, 9.17) is 0 Å². The van der Waals surface area contributed by atoms with Gasteiger partial charge in [0, 0.05) is 23.9 Å². The highest BCUT2D eigenvalue weighted by Gasteiger charge is 2.20. The Morgan fingerprint density at radius 3 is 2.67 bits per heavy atom. The van der Waals surface area contributed by atoms with Crippen LogP contribution in [0.3, 0.4) is 0 Å². The van der Waals surface area contributed by atoms with E-state index < -0.39 is 0 Å². The highest BCUT2D eigenvalue weighted by molar-refractivity contribution is 14.1. The molecule has 1 fully saturated rings. The molecule has 2 nitrogen and oxygen atoms in total. The van der Waals surface area contributed by atoms with Gasteiger partial charge in [0.05, 0.1) is 0 Å². The highest BCUT2D eigenvalue weighted by Crippen LogP contribution is 2.16. The van der Waals surface area contributed by atoms with Gasteiger partial charge in [0.15, 0.2) is 0 Å². The molecule has 1 rings (SSSR count). The Bertz CT molecular complexity index is 126. The Labute approximate surface area is 68.7 Å². The van der Waals surface area contributed by atoms with Crippen molar-refractivity contribution in [2.45, 2.75) is 17.3 Å². The summed E-state index contributed by atoms with van der Waals surface area (Å²) < 4.78 is 0.687. The highest BCUT2D eigenvalue weighted by atomic mass is 127. The molecule has 0 aromatic carbocycles. The van der Waals surface area contributed by atoms with Crippen LogP contribution in [0, 0.1) is 0 Å². The fourth-order valence-electron chi connectivity index (χ4n) is 1.00. The lowest BCUT2D eigenvalue weighted by atomic mass is 10.4. The van der Waals surface area contributed by atoms with E-state index in [1.165, 1.54) is 6.42 Å². The molecule has 3 heteroatoms. The van der Waals surface area contributed by atoms with Crippen LogP contribution in [0.5, 0.6) is 0 Å². The fraction of sp³-hybridized carbons (Fsp3) is 0.833. The number of amides is 1. The molecular weight excluding hydrogens is 229 g/mol. The number of hydrogen-bond acceptors (Lipinski definition) is 1. The van der Waals surface area contributed by atoms with E-state index in [9.17, 15) is 4.79 Å². The van der Waals surface area contributed by atoms with Crippen molar-refractivity contribution in [2.24, 2.45) is 0 Å². The average Bonchev–Trinajstić information content (AvgIpc) is 2.14. The maximum Gasteiger partial charge on any atom is 0.219 e. The summed E-state index contributed by atoms with van der Waals surface area (Å²) in [7, 11) is 0. The lowest BCUT2D eigenvalue weighted by Crippen LogP contribution is -2.25. The minimum absolute atomic E-state index is 0.217. The molecule has 0 saturated carbocycles. The lowest BCUT2D eigenvalue weighted by molar-refractivity contribution is -0.127. The monoisotopic (exact) mass is 239 g/mol. The maximum absolute atomic E-state index is 10.7. The topological polar surface area (TPSA) is 20.3 Å². The third-order valence-electron chi connectivity index (χ3n) is 1.58. The number of alkyl halides is 1. The summed E-state index contributed by atoms with van der Waals surface area (Å²) in [5.41, 5.74) is 0. The molecule has 1 atom stereocenters. The zero-order valence-corrected chi connectivity index (χ0v) is 7.59. The van der Waals surface area contributed by atoms with E-state index in [1.54, 1.807) is 6.92 Å². The van der Waals surface area contributed by atoms with Crippen LogP contribution in [0.25, 0.3) is 0 Å². The molecule has 9 heavy (non-hydrogen) atoms. The third-order valence-corrected chi connectivity index (χ3v) is 2.59. The van der Waals surface area contributed by atoms with Crippen LogP contribution in [0.2, 0.25) is 0 Å². The van der Waals surface area contributed by atoms with E-state index in [0.29, 0.717) is 3.92 Å². The molecule has 1 aliphatic heterocycles. The Kier molecular flexibility index (Phi) is 2.32. The van der Waals surface area contributed by atoms with Crippen molar-refractivity contribution in [3.63, 3.8) is 0 Å². The van der Waals surface area contributed by atoms with E-state index in [2.05, 4.69) is 22.6 Å². The first-order valence-electron chi connectivity index (χ1n) is 3.09. The predicted octanol–water partition coefficient (Wildman–Crippen LogP) is 1.04. The van der Waals surface area contributed by atoms with Gasteiger partial charge in [-0.05, 0) is 6.42 Å². The molecule has 1 saturated heterocycles. The minimum atomic E-state index is 0.217. The normalized spacial score (nSPS) is 26.9. The van der Waals surface area contributed by atoms with Crippen LogP contribution in [0.4, 0.5) is 0 Å². The van der Waals surface area contributed by atoms with Gasteiger partial charge in [-0.1, -0.05) is 22.6 Å². The van der Waals surface area contributed by atoms with Crippen LogP contribution >= 0.6 is 22.6 Å². The molecule has 0 spiro atoms. The van der Waals surface area contributed by atoms with Gasteiger partial charge in [0.25, 0.3) is 0 Å². The first-order chi connectivity index (χ1) is 4.20. The number of hydrogen-bond donors (Lipinski definition) is 0. The summed E-state index contributed by atoms with van der Waals surface area (Å²) >= 11 is 2.39. The van der Waals surface area contributed by atoms with Gasteiger partial charge in [0.2, 0.25) is 5.91 Å². The first kappa shape index (κ1) is 7.31. The number of carbonyl (C=O) groups is 1. The van der Waals surface area contributed by atoms with E-state index in [-0.39, 0.29) is 5.91 Å². The third kappa shape index (κ3) is 1.81. The van der Waals surface area contributed by atoms with Crippen LogP contribution in [-0.4, -0.2) is 27.8 Å². The zero-order valence-electron chi connectivity index (χ0n) is 5.43. The van der Waals surface area contributed by atoms with Gasteiger partial charge in [-0.25, -0.2) is 0 Å². The molecule has 1 aliphatic rings. The smallest absolute Gasteiger partial charge is 0.219 e. The summed E-state index contributed by atoms with van der Waals surface area (Å²) in [5, 5.41) is 0. The van der Waals surface area contributed by atoms with E-state index >= 15 is 0 Å². The molecule has 1 heterocycles. The number of halogens is 1. The SMILES string of the molecule is CC(=O)N1CC[C@@H](I)C1. The zero-order chi connectivity index (χ0) is 6.85. The van der Waals surface area contributed by atoms with Crippen molar-refractivity contribution in [3.8, 4) is 0 Å².